The third-order valence-electron chi connectivity index (χ3n) is 3.58. The lowest BCUT2D eigenvalue weighted by molar-refractivity contribution is -0.132. The van der Waals surface area contributed by atoms with E-state index in [4.69, 9.17) is 0 Å². The molecular formula is C15H20N2O3S. The van der Waals surface area contributed by atoms with Crippen LogP contribution in [0, 0.1) is 0 Å². The first-order valence-corrected chi connectivity index (χ1v) is 8.10. The first-order valence-electron chi connectivity index (χ1n) is 6.87. The van der Waals surface area contributed by atoms with Gasteiger partial charge in [-0.1, -0.05) is 12.1 Å². The highest BCUT2D eigenvalue weighted by Gasteiger charge is 2.24. The van der Waals surface area contributed by atoms with Crippen LogP contribution < -0.4 is 0 Å². The normalized spacial score (nSPS) is 15.0. The maximum Gasteiger partial charge on any atom is 0.409 e. The molecule has 1 aliphatic rings. The fraction of sp³-hybridized carbons (Fsp3) is 0.467. The highest BCUT2D eigenvalue weighted by atomic mass is 32.2. The molecule has 114 valence electrons. The first-order chi connectivity index (χ1) is 10.1. The van der Waals surface area contributed by atoms with Crippen LogP contribution in [0.1, 0.15) is 5.56 Å². The van der Waals surface area contributed by atoms with Crippen LogP contribution >= 0.6 is 11.8 Å². The van der Waals surface area contributed by atoms with Gasteiger partial charge in [-0.15, -0.1) is 11.8 Å². The number of carbonyl (C=O) groups is 2. The minimum absolute atomic E-state index is 0.108. The molecule has 1 saturated heterocycles. The van der Waals surface area contributed by atoms with E-state index in [1.807, 2.05) is 35.4 Å². The Morgan fingerprint density at radius 3 is 2.19 bits per heavy atom. The summed E-state index contributed by atoms with van der Waals surface area (Å²) in [6.07, 6.45) is 2.11. The van der Waals surface area contributed by atoms with Crippen molar-refractivity contribution in [2.75, 3.05) is 39.5 Å². The summed E-state index contributed by atoms with van der Waals surface area (Å²) in [7, 11) is 1.37. The quantitative estimate of drug-likeness (QED) is 0.800. The van der Waals surface area contributed by atoms with Crippen molar-refractivity contribution < 1.29 is 14.3 Å². The van der Waals surface area contributed by atoms with E-state index >= 15 is 0 Å². The van der Waals surface area contributed by atoms with Gasteiger partial charge in [-0.25, -0.2) is 4.79 Å². The van der Waals surface area contributed by atoms with Crippen LogP contribution in [0.3, 0.4) is 0 Å². The maximum absolute atomic E-state index is 12.3. The zero-order valence-electron chi connectivity index (χ0n) is 12.4. The summed E-state index contributed by atoms with van der Waals surface area (Å²) in [6.45, 7) is 2.20. The Kier molecular flexibility index (Phi) is 5.50. The largest absolute Gasteiger partial charge is 0.453 e. The summed E-state index contributed by atoms with van der Waals surface area (Å²) >= 11 is 1.68. The number of carbonyl (C=O) groups excluding carboxylic acids is 2. The molecule has 0 N–H and O–H groups in total. The molecule has 0 aliphatic carbocycles. The van der Waals surface area contributed by atoms with E-state index in [1.54, 1.807) is 16.7 Å². The Hall–Kier alpha value is -1.69. The fourth-order valence-electron chi connectivity index (χ4n) is 2.30. The molecule has 1 heterocycles. The van der Waals surface area contributed by atoms with Gasteiger partial charge in [0.25, 0.3) is 0 Å². The van der Waals surface area contributed by atoms with Crippen LogP contribution in [0.2, 0.25) is 0 Å². The van der Waals surface area contributed by atoms with Crippen molar-refractivity contribution in [1.29, 1.82) is 0 Å². The van der Waals surface area contributed by atoms with Crippen molar-refractivity contribution in [3.05, 3.63) is 29.8 Å². The topological polar surface area (TPSA) is 49.9 Å². The molecule has 2 rings (SSSR count). The predicted octanol–water partition coefficient (Wildman–Crippen LogP) is 1.86. The smallest absolute Gasteiger partial charge is 0.409 e. The highest BCUT2D eigenvalue weighted by Crippen LogP contribution is 2.16. The Labute approximate surface area is 129 Å². The second kappa shape index (κ2) is 7.36. The van der Waals surface area contributed by atoms with Gasteiger partial charge in [-0.3, -0.25) is 4.79 Å². The number of rotatable bonds is 3. The highest BCUT2D eigenvalue weighted by molar-refractivity contribution is 7.98. The van der Waals surface area contributed by atoms with Gasteiger partial charge in [-0.05, 0) is 24.0 Å². The molecular weight excluding hydrogens is 288 g/mol. The minimum Gasteiger partial charge on any atom is -0.453 e. The van der Waals surface area contributed by atoms with Gasteiger partial charge in [0.15, 0.2) is 0 Å². The summed E-state index contributed by atoms with van der Waals surface area (Å²) in [6, 6.07) is 8.05. The number of nitrogens with zero attached hydrogens (tertiary/aromatic N) is 2. The lowest BCUT2D eigenvalue weighted by Gasteiger charge is -2.33. The molecule has 0 radical (unpaired) electrons. The summed E-state index contributed by atoms with van der Waals surface area (Å²) in [5, 5.41) is 0. The number of ether oxygens (including phenoxy) is 1. The van der Waals surface area contributed by atoms with E-state index in [0.29, 0.717) is 32.6 Å². The standard InChI is InChI=1S/C15H20N2O3S/c1-20-15(19)17-9-7-16(8-10-17)14(18)11-12-3-5-13(21-2)6-4-12/h3-6H,7-11H2,1-2H3. The zero-order valence-corrected chi connectivity index (χ0v) is 13.2. The van der Waals surface area contributed by atoms with Gasteiger partial charge in [0, 0.05) is 31.1 Å². The SMILES string of the molecule is COC(=O)N1CCN(C(=O)Cc2ccc(SC)cc2)CC1. The van der Waals surface area contributed by atoms with Crippen LogP contribution in [-0.4, -0.2) is 61.3 Å². The lowest BCUT2D eigenvalue weighted by atomic mass is 10.1. The third-order valence-corrected chi connectivity index (χ3v) is 4.32. The average Bonchev–Trinajstić information content (AvgIpc) is 2.55. The predicted molar refractivity (Wildman–Crippen MR) is 82.5 cm³/mol. The summed E-state index contributed by atoms with van der Waals surface area (Å²) < 4.78 is 4.68. The summed E-state index contributed by atoms with van der Waals surface area (Å²) in [5.74, 6) is 0.108. The Bertz CT molecular complexity index is 496. The molecule has 1 aliphatic heterocycles. The van der Waals surface area contributed by atoms with Crippen molar-refractivity contribution in [3.63, 3.8) is 0 Å². The Morgan fingerprint density at radius 1 is 1.10 bits per heavy atom. The molecule has 21 heavy (non-hydrogen) atoms. The number of benzene rings is 1. The van der Waals surface area contributed by atoms with Crippen molar-refractivity contribution in [2.24, 2.45) is 0 Å². The molecule has 0 unspecified atom stereocenters. The second-order valence-corrected chi connectivity index (χ2v) is 5.74. The number of amides is 2. The van der Waals surface area contributed by atoms with Crippen LogP contribution in [-0.2, 0) is 16.0 Å². The van der Waals surface area contributed by atoms with E-state index in [1.165, 1.54) is 12.0 Å². The van der Waals surface area contributed by atoms with Crippen LogP contribution in [0.25, 0.3) is 0 Å². The molecule has 1 aromatic rings. The molecule has 0 bridgehead atoms. The van der Waals surface area contributed by atoms with Gasteiger partial charge in [0.05, 0.1) is 13.5 Å². The number of hydrogen-bond acceptors (Lipinski definition) is 4. The molecule has 2 amide bonds. The minimum atomic E-state index is -0.324. The van der Waals surface area contributed by atoms with Crippen molar-refractivity contribution in [1.82, 2.24) is 9.80 Å². The second-order valence-electron chi connectivity index (χ2n) is 4.86. The molecule has 0 spiro atoms. The van der Waals surface area contributed by atoms with E-state index in [-0.39, 0.29) is 12.0 Å². The van der Waals surface area contributed by atoms with E-state index in [0.717, 1.165) is 5.56 Å². The van der Waals surface area contributed by atoms with Crippen LogP contribution in [0.5, 0.6) is 0 Å². The molecule has 5 nitrogen and oxygen atoms in total. The fourth-order valence-corrected chi connectivity index (χ4v) is 2.71. The summed E-state index contributed by atoms with van der Waals surface area (Å²) in [4.78, 5) is 28.3. The van der Waals surface area contributed by atoms with Crippen molar-refractivity contribution in [2.45, 2.75) is 11.3 Å². The van der Waals surface area contributed by atoms with Gasteiger partial charge in [-0.2, -0.15) is 0 Å². The molecule has 0 aromatic heterocycles. The van der Waals surface area contributed by atoms with E-state index in [9.17, 15) is 9.59 Å². The van der Waals surface area contributed by atoms with Gasteiger partial charge in [0.2, 0.25) is 5.91 Å². The molecule has 6 heteroatoms. The van der Waals surface area contributed by atoms with Crippen molar-refractivity contribution in [3.8, 4) is 0 Å². The van der Waals surface area contributed by atoms with Gasteiger partial charge < -0.3 is 14.5 Å². The number of piperazine rings is 1. The first kappa shape index (κ1) is 15.7. The Balaban J connectivity index is 1.85. The third kappa shape index (κ3) is 4.14. The molecule has 0 saturated carbocycles. The lowest BCUT2D eigenvalue weighted by Crippen LogP contribution is -2.50. The number of hydrogen-bond donors (Lipinski definition) is 0. The van der Waals surface area contributed by atoms with Crippen LogP contribution in [0.4, 0.5) is 4.79 Å². The van der Waals surface area contributed by atoms with Crippen molar-refractivity contribution >= 4 is 23.8 Å². The molecule has 1 aromatic carbocycles. The number of methoxy groups -OCH3 is 1. The maximum atomic E-state index is 12.3. The Morgan fingerprint density at radius 2 is 1.67 bits per heavy atom. The van der Waals surface area contributed by atoms with E-state index in [2.05, 4.69) is 4.74 Å². The molecule has 1 fully saturated rings. The van der Waals surface area contributed by atoms with Gasteiger partial charge in [0.1, 0.15) is 0 Å². The van der Waals surface area contributed by atoms with Crippen LogP contribution in [0.15, 0.2) is 29.2 Å². The van der Waals surface area contributed by atoms with E-state index < -0.39 is 0 Å². The summed E-state index contributed by atoms with van der Waals surface area (Å²) in [5.41, 5.74) is 1.02. The number of thioether (sulfide) groups is 1. The monoisotopic (exact) mass is 308 g/mol. The average molecular weight is 308 g/mol. The zero-order chi connectivity index (χ0) is 15.2. The van der Waals surface area contributed by atoms with Gasteiger partial charge >= 0.3 is 6.09 Å². The molecule has 0 atom stereocenters.